The highest BCUT2D eigenvalue weighted by Gasteiger charge is 2.65. The van der Waals surface area contributed by atoms with Crippen molar-refractivity contribution in [1.29, 1.82) is 0 Å². The summed E-state index contributed by atoms with van der Waals surface area (Å²) in [6.45, 7) is -1.53. The SMILES string of the molecule is COC(=O)c1cc(NC(=O)C2OC(C)(C(F)(F)F)C(C)C2c2ccc(F)cc2OC(F)F)ccn1. The summed E-state index contributed by atoms with van der Waals surface area (Å²) in [6.07, 6.45) is -5.64. The van der Waals surface area contributed by atoms with E-state index >= 15 is 0 Å². The number of amides is 1. The van der Waals surface area contributed by atoms with E-state index in [0.29, 0.717) is 6.07 Å². The second kappa shape index (κ2) is 9.72. The molecular weight excluding hydrogens is 486 g/mol. The van der Waals surface area contributed by atoms with Gasteiger partial charge in [-0.3, -0.25) is 4.79 Å². The van der Waals surface area contributed by atoms with E-state index in [9.17, 15) is 35.9 Å². The van der Waals surface area contributed by atoms with Gasteiger partial charge in [0.1, 0.15) is 23.4 Å². The number of methoxy groups -OCH3 is 1. The first-order valence-corrected chi connectivity index (χ1v) is 10.1. The number of benzene rings is 1. The molecule has 1 fully saturated rings. The number of aromatic nitrogens is 1. The second-order valence-electron chi connectivity index (χ2n) is 7.93. The molecule has 4 unspecified atom stereocenters. The Bertz CT molecular complexity index is 1110. The topological polar surface area (TPSA) is 86.8 Å². The predicted octanol–water partition coefficient (Wildman–Crippen LogP) is 4.69. The number of nitrogens with zero attached hydrogens (tertiary/aromatic N) is 1. The predicted molar refractivity (Wildman–Crippen MR) is 108 cm³/mol. The summed E-state index contributed by atoms with van der Waals surface area (Å²) >= 11 is 0. The van der Waals surface area contributed by atoms with Crippen LogP contribution in [0, 0.1) is 11.7 Å². The number of esters is 1. The van der Waals surface area contributed by atoms with Crippen LogP contribution < -0.4 is 10.1 Å². The third-order valence-electron chi connectivity index (χ3n) is 5.90. The number of rotatable bonds is 6. The van der Waals surface area contributed by atoms with Gasteiger partial charge < -0.3 is 19.5 Å². The summed E-state index contributed by atoms with van der Waals surface area (Å²) in [5.74, 6) is -6.52. The molecule has 0 aliphatic carbocycles. The van der Waals surface area contributed by atoms with Gasteiger partial charge in [0.15, 0.2) is 5.60 Å². The van der Waals surface area contributed by atoms with Crippen LogP contribution in [0.5, 0.6) is 5.75 Å². The smallest absolute Gasteiger partial charge is 0.417 e. The highest BCUT2D eigenvalue weighted by molar-refractivity contribution is 5.96. The quantitative estimate of drug-likeness (QED) is 0.452. The molecule has 0 bridgehead atoms. The lowest BCUT2D eigenvalue weighted by Crippen LogP contribution is -2.47. The number of nitrogens with one attached hydrogen (secondary N) is 1. The highest BCUT2D eigenvalue weighted by atomic mass is 19.4. The lowest BCUT2D eigenvalue weighted by Gasteiger charge is -2.32. The maximum atomic E-state index is 14.0. The number of anilines is 1. The van der Waals surface area contributed by atoms with Crippen molar-refractivity contribution < 1.29 is 50.1 Å². The van der Waals surface area contributed by atoms with Gasteiger partial charge in [-0.05, 0) is 25.1 Å². The monoisotopic (exact) mass is 506 g/mol. The zero-order valence-electron chi connectivity index (χ0n) is 18.5. The number of hydrogen-bond acceptors (Lipinski definition) is 6. The number of alkyl halides is 5. The Morgan fingerprint density at radius 3 is 2.49 bits per heavy atom. The van der Waals surface area contributed by atoms with Gasteiger partial charge in [0.25, 0.3) is 5.91 Å². The Kier molecular flexibility index (Phi) is 7.29. The summed E-state index contributed by atoms with van der Waals surface area (Å²) in [5, 5.41) is 2.34. The molecule has 0 spiro atoms. The van der Waals surface area contributed by atoms with Gasteiger partial charge in [-0.2, -0.15) is 22.0 Å². The van der Waals surface area contributed by atoms with Crippen LogP contribution in [0.3, 0.4) is 0 Å². The van der Waals surface area contributed by atoms with Crippen molar-refractivity contribution >= 4 is 17.6 Å². The summed E-state index contributed by atoms with van der Waals surface area (Å²) in [7, 11) is 1.10. The molecule has 1 aliphatic heterocycles. The van der Waals surface area contributed by atoms with Crippen molar-refractivity contribution in [2.45, 2.75) is 44.3 Å². The van der Waals surface area contributed by atoms with Crippen LogP contribution in [0.2, 0.25) is 0 Å². The average Bonchev–Trinajstić information content (AvgIpc) is 3.05. The molecule has 190 valence electrons. The maximum Gasteiger partial charge on any atom is 0.417 e. The minimum Gasteiger partial charge on any atom is -0.464 e. The van der Waals surface area contributed by atoms with Crippen molar-refractivity contribution in [2.24, 2.45) is 5.92 Å². The van der Waals surface area contributed by atoms with E-state index in [0.717, 1.165) is 45.4 Å². The molecule has 1 aromatic heterocycles. The van der Waals surface area contributed by atoms with Gasteiger partial charge in [-0.25, -0.2) is 14.2 Å². The molecule has 1 aromatic carbocycles. The third-order valence-corrected chi connectivity index (χ3v) is 5.90. The van der Waals surface area contributed by atoms with Crippen LogP contribution >= 0.6 is 0 Å². The maximum absolute atomic E-state index is 14.0. The number of halogens is 6. The van der Waals surface area contributed by atoms with Crippen LogP contribution in [0.25, 0.3) is 0 Å². The standard InChI is InChI=1S/C22H20F6N2O5/c1-10-16(13-5-4-11(23)8-15(13)34-20(24)25)17(35-21(10,2)22(26,27)28)18(31)30-12-6-7-29-14(9-12)19(32)33-3/h4-10,16-17,20H,1-3H3,(H,29,30,31). The zero-order valence-corrected chi connectivity index (χ0v) is 18.5. The Hall–Kier alpha value is -3.35. The largest absolute Gasteiger partial charge is 0.464 e. The Morgan fingerprint density at radius 1 is 1.20 bits per heavy atom. The first kappa shape index (κ1) is 26.3. The van der Waals surface area contributed by atoms with E-state index in [1.807, 2.05) is 0 Å². The van der Waals surface area contributed by atoms with E-state index in [-0.39, 0.29) is 16.9 Å². The fourth-order valence-electron chi connectivity index (χ4n) is 3.94. The first-order valence-electron chi connectivity index (χ1n) is 10.1. The number of carbonyl (C=O) groups excluding carboxylic acids is 2. The van der Waals surface area contributed by atoms with Crippen molar-refractivity contribution in [1.82, 2.24) is 4.98 Å². The lowest BCUT2D eigenvalue weighted by molar-refractivity contribution is -0.272. The first-order chi connectivity index (χ1) is 16.3. The average molecular weight is 506 g/mol. The molecule has 0 radical (unpaired) electrons. The molecule has 1 saturated heterocycles. The molecule has 2 heterocycles. The fraction of sp³-hybridized carbons (Fsp3) is 0.409. The van der Waals surface area contributed by atoms with Crippen LogP contribution in [0.4, 0.5) is 32.0 Å². The zero-order chi connectivity index (χ0) is 26.1. The van der Waals surface area contributed by atoms with Crippen LogP contribution in [0.15, 0.2) is 36.5 Å². The Balaban J connectivity index is 2.04. The molecule has 2 aromatic rings. The molecule has 35 heavy (non-hydrogen) atoms. The lowest BCUT2D eigenvalue weighted by atomic mass is 9.77. The van der Waals surface area contributed by atoms with Crippen molar-refractivity contribution in [2.75, 3.05) is 12.4 Å². The minimum atomic E-state index is -4.95. The summed E-state index contributed by atoms with van der Waals surface area (Å²) in [6, 6.07) is 4.82. The fourth-order valence-corrected chi connectivity index (χ4v) is 3.94. The van der Waals surface area contributed by atoms with Gasteiger partial charge in [-0.15, -0.1) is 0 Å². The summed E-state index contributed by atoms with van der Waals surface area (Å²) < 4.78 is 95.7. The van der Waals surface area contributed by atoms with Crippen molar-refractivity contribution in [3.63, 3.8) is 0 Å². The van der Waals surface area contributed by atoms with Crippen molar-refractivity contribution in [3.8, 4) is 5.75 Å². The molecule has 1 aliphatic rings. The van der Waals surface area contributed by atoms with Gasteiger partial charge in [0.05, 0.1) is 7.11 Å². The normalized spacial score (nSPS) is 24.3. The summed E-state index contributed by atoms with van der Waals surface area (Å²) in [4.78, 5) is 28.6. The van der Waals surface area contributed by atoms with Gasteiger partial charge in [0, 0.05) is 35.3 Å². The van der Waals surface area contributed by atoms with Gasteiger partial charge in [-0.1, -0.05) is 13.0 Å². The molecule has 1 amide bonds. The summed E-state index contributed by atoms with van der Waals surface area (Å²) in [5.41, 5.74) is -3.32. The van der Waals surface area contributed by atoms with Crippen LogP contribution in [0.1, 0.15) is 35.8 Å². The molecule has 3 rings (SSSR count). The van der Waals surface area contributed by atoms with Crippen LogP contribution in [-0.2, 0) is 14.3 Å². The van der Waals surface area contributed by atoms with Crippen LogP contribution in [-0.4, -0.2) is 48.5 Å². The highest BCUT2D eigenvalue weighted by Crippen LogP contribution is 2.54. The number of pyridine rings is 1. The van der Waals surface area contributed by atoms with Gasteiger partial charge >= 0.3 is 18.8 Å². The molecule has 7 nitrogen and oxygen atoms in total. The number of hydrogen-bond donors (Lipinski definition) is 1. The molecule has 4 atom stereocenters. The van der Waals surface area contributed by atoms with E-state index in [1.165, 1.54) is 6.07 Å². The van der Waals surface area contributed by atoms with E-state index in [4.69, 9.17) is 4.74 Å². The number of ether oxygens (including phenoxy) is 3. The molecule has 0 saturated carbocycles. The Labute approximate surface area is 195 Å². The van der Waals surface area contributed by atoms with E-state index < -0.39 is 59.8 Å². The molecule has 1 N–H and O–H groups in total. The van der Waals surface area contributed by atoms with E-state index in [1.54, 1.807) is 0 Å². The van der Waals surface area contributed by atoms with Gasteiger partial charge in [0.2, 0.25) is 0 Å². The second-order valence-corrected chi connectivity index (χ2v) is 7.93. The minimum absolute atomic E-state index is 0.0100. The molecular formula is C22H20F6N2O5. The third kappa shape index (κ3) is 5.19. The van der Waals surface area contributed by atoms with Crippen molar-refractivity contribution in [3.05, 3.63) is 53.6 Å². The Morgan fingerprint density at radius 2 is 1.89 bits per heavy atom. The number of carbonyl (C=O) groups is 2. The van der Waals surface area contributed by atoms with E-state index in [2.05, 4.69) is 19.8 Å². The molecule has 13 heteroatoms.